The number of rotatable bonds is 9. The molecule has 1 atom stereocenters. The van der Waals surface area contributed by atoms with E-state index in [1.165, 1.54) is 24.3 Å². The first-order valence-corrected chi connectivity index (χ1v) is 11.1. The molecule has 0 saturated heterocycles. The normalized spacial score (nSPS) is 12.9. The van der Waals surface area contributed by atoms with Crippen LogP contribution in [-0.4, -0.2) is 43.9 Å². The predicted molar refractivity (Wildman–Crippen MR) is 116 cm³/mol. The second kappa shape index (κ2) is 9.61. The Hall–Kier alpha value is -2.09. The van der Waals surface area contributed by atoms with Crippen molar-refractivity contribution >= 4 is 33.3 Å². The SMILES string of the molecule is CC(C)C[C@H](C(=O)O)N(Cc1ccc(N(C)C)cc1)S(=O)(=O)c1ccc(Cl)cc1. The van der Waals surface area contributed by atoms with Gasteiger partial charge >= 0.3 is 5.97 Å². The summed E-state index contributed by atoms with van der Waals surface area (Å²) in [6.07, 6.45) is 0.206. The summed E-state index contributed by atoms with van der Waals surface area (Å²) in [4.78, 5) is 14.0. The maximum absolute atomic E-state index is 13.4. The maximum Gasteiger partial charge on any atom is 0.322 e. The summed E-state index contributed by atoms with van der Waals surface area (Å²) in [5.41, 5.74) is 1.68. The Kier molecular flexibility index (Phi) is 7.68. The van der Waals surface area contributed by atoms with Crippen molar-refractivity contribution in [2.45, 2.75) is 37.8 Å². The third-order valence-electron chi connectivity index (χ3n) is 4.54. The number of aliphatic carboxylic acids is 1. The Bertz CT molecular complexity index is 926. The third kappa shape index (κ3) is 5.95. The molecule has 0 radical (unpaired) electrons. The average Bonchev–Trinajstić information content (AvgIpc) is 2.64. The van der Waals surface area contributed by atoms with Gasteiger partial charge < -0.3 is 10.0 Å². The van der Waals surface area contributed by atoms with Gasteiger partial charge in [-0.15, -0.1) is 0 Å². The van der Waals surface area contributed by atoms with Crippen molar-refractivity contribution in [3.05, 3.63) is 59.1 Å². The summed E-state index contributed by atoms with van der Waals surface area (Å²) in [6.45, 7) is 3.70. The summed E-state index contributed by atoms with van der Waals surface area (Å²) < 4.78 is 27.8. The first-order valence-electron chi connectivity index (χ1n) is 9.29. The lowest BCUT2D eigenvalue weighted by molar-refractivity contribution is -0.142. The highest BCUT2D eigenvalue weighted by Crippen LogP contribution is 2.26. The molecule has 0 aliphatic rings. The Labute approximate surface area is 177 Å². The van der Waals surface area contributed by atoms with Gasteiger partial charge in [-0.05, 0) is 54.3 Å². The van der Waals surface area contributed by atoms with Crippen LogP contribution in [0.2, 0.25) is 5.02 Å². The Morgan fingerprint density at radius 2 is 1.59 bits per heavy atom. The standard InChI is InChI=1S/C21H27ClN2O4S/c1-15(2)13-20(21(25)26)24(14-16-5-9-18(10-6-16)23(3)4)29(27,28)19-11-7-17(22)8-12-19/h5-12,15,20H,13-14H2,1-4H3,(H,25,26)/t20-/m1/s1. The molecule has 6 nitrogen and oxygen atoms in total. The molecular weight excluding hydrogens is 412 g/mol. The Morgan fingerprint density at radius 3 is 2.03 bits per heavy atom. The van der Waals surface area contributed by atoms with Gasteiger partial charge in [-0.2, -0.15) is 4.31 Å². The number of carboxylic acids is 1. The second-order valence-corrected chi connectivity index (χ2v) is 9.88. The molecule has 2 rings (SSSR count). The van der Waals surface area contributed by atoms with Crippen molar-refractivity contribution in [1.29, 1.82) is 0 Å². The van der Waals surface area contributed by atoms with E-state index in [0.717, 1.165) is 9.99 Å². The van der Waals surface area contributed by atoms with Crippen LogP contribution >= 0.6 is 11.6 Å². The highest BCUT2D eigenvalue weighted by Gasteiger charge is 2.36. The molecule has 2 aromatic carbocycles. The fourth-order valence-electron chi connectivity index (χ4n) is 2.97. The van der Waals surface area contributed by atoms with Crippen LogP contribution < -0.4 is 4.90 Å². The quantitative estimate of drug-likeness (QED) is 0.637. The van der Waals surface area contributed by atoms with Gasteiger partial charge in [0.05, 0.1) is 4.90 Å². The molecule has 8 heteroatoms. The Balaban J connectivity index is 2.49. The van der Waals surface area contributed by atoms with Crippen molar-refractivity contribution < 1.29 is 18.3 Å². The van der Waals surface area contributed by atoms with Crippen LogP contribution in [0.5, 0.6) is 0 Å². The molecule has 2 aromatic rings. The van der Waals surface area contributed by atoms with E-state index >= 15 is 0 Å². The summed E-state index contributed by atoms with van der Waals surface area (Å²) in [5, 5.41) is 10.2. The lowest BCUT2D eigenvalue weighted by Crippen LogP contribution is -2.45. The van der Waals surface area contributed by atoms with Gasteiger partial charge in [0.2, 0.25) is 10.0 Å². The molecule has 0 heterocycles. The van der Waals surface area contributed by atoms with E-state index in [1.807, 2.05) is 57.1 Å². The maximum atomic E-state index is 13.4. The molecule has 0 bridgehead atoms. The molecule has 0 unspecified atom stereocenters. The van der Waals surface area contributed by atoms with Crippen LogP contribution in [-0.2, 0) is 21.4 Å². The number of anilines is 1. The van der Waals surface area contributed by atoms with Crippen molar-refractivity contribution in [1.82, 2.24) is 4.31 Å². The van der Waals surface area contributed by atoms with Crippen LogP contribution in [0.1, 0.15) is 25.8 Å². The number of carbonyl (C=O) groups is 1. The molecule has 158 valence electrons. The van der Waals surface area contributed by atoms with Gasteiger partial charge in [-0.25, -0.2) is 8.42 Å². The molecule has 0 spiro atoms. The summed E-state index contributed by atoms with van der Waals surface area (Å²) in [6, 6.07) is 12.0. The van der Waals surface area contributed by atoms with E-state index < -0.39 is 22.0 Å². The monoisotopic (exact) mass is 438 g/mol. The van der Waals surface area contributed by atoms with E-state index in [1.54, 1.807) is 0 Å². The van der Waals surface area contributed by atoms with Gasteiger partial charge in [0.1, 0.15) is 6.04 Å². The zero-order valence-electron chi connectivity index (χ0n) is 17.0. The van der Waals surface area contributed by atoms with E-state index in [4.69, 9.17) is 11.6 Å². The third-order valence-corrected chi connectivity index (χ3v) is 6.66. The van der Waals surface area contributed by atoms with E-state index in [-0.39, 0.29) is 23.8 Å². The molecule has 0 aliphatic carbocycles. The number of hydrogen-bond acceptors (Lipinski definition) is 4. The van der Waals surface area contributed by atoms with Crippen LogP contribution in [0.15, 0.2) is 53.4 Å². The lowest BCUT2D eigenvalue weighted by atomic mass is 10.0. The van der Waals surface area contributed by atoms with E-state index in [9.17, 15) is 18.3 Å². The number of hydrogen-bond donors (Lipinski definition) is 1. The second-order valence-electron chi connectivity index (χ2n) is 7.55. The van der Waals surface area contributed by atoms with Gasteiger partial charge in [0.15, 0.2) is 0 Å². The number of halogens is 1. The minimum atomic E-state index is -4.05. The van der Waals surface area contributed by atoms with Gasteiger partial charge in [-0.3, -0.25) is 4.79 Å². The number of nitrogens with zero attached hydrogens (tertiary/aromatic N) is 2. The predicted octanol–water partition coefficient (Wildman–Crippen LogP) is 4.10. The topological polar surface area (TPSA) is 77.9 Å². The molecule has 0 amide bonds. The number of sulfonamides is 1. The lowest BCUT2D eigenvalue weighted by Gasteiger charge is -2.29. The van der Waals surface area contributed by atoms with Crippen molar-refractivity contribution in [3.63, 3.8) is 0 Å². The largest absolute Gasteiger partial charge is 0.480 e. The van der Waals surface area contributed by atoms with Crippen LogP contribution in [0.3, 0.4) is 0 Å². The highest BCUT2D eigenvalue weighted by atomic mass is 35.5. The van der Waals surface area contributed by atoms with Gasteiger partial charge in [-0.1, -0.05) is 37.6 Å². The first-order chi connectivity index (χ1) is 13.5. The minimum Gasteiger partial charge on any atom is -0.480 e. The van der Waals surface area contributed by atoms with Crippen molar-refractivity contribution in [2.24, 2.45) is 5.92 Å². The zero-order chi connectivity index (χ0) is 21.8. The van der Waals surface area contributed by atoms with Crippen LogP contribution in [0.4, 0.5) is 5.69 Å². The minimum absolute atomic E-state index is 0.00938. The fourth-order valence-corrected chi connectivity index (χ4v) is 4.68. The molecule has 0 fully saturated rings. The molecular formula is C21H27ClN2O4S. The highest BCUT2D eigenvalue weighted by molar-refractivity contribution is 7.89. The number of carboxylic acid groups (broad SMARTS) is 1. The molecule has 0 saturated carbocycles. The first kappa shape index (κ1) is 23.2. The van der Waals surface area contributed by atoms with E-state index in [0.29, 0.717) is 10.6 Å². The van der Waals surface area contributed by atoms with Crippen molar-refractivity contribution in [3.8, 4) is 0 Å². The van der Waals surface area contributed by atoms with Crippen LogP contribution in [0, 0.1) is 5.92 Å². The molecule has 0 aromatic heterocycles. The molecule has 1 N–H and O–H groups in total. The Morgan fingerprint density at radius 1 is 1.03 bits per heavy atom. The van der Waals surface area contributed by atoms with Gasteiger partial charge in [0, 0.05) is 31.4 Å². The molecule has 0 aliphatic heterocycles. The fraction of sp³-hybridized carbons (Fsp3) is 0.381. The molecule has 29 heavy (non-hydrogen) atoms. The van der Waals surface area contributed by atoms with Crippen LogP contribution in [0.25, 0.3) is 0 Å². The summed E-state index contributed by atoms with van der Waals surface area (Å²) >= 11 is 5.89. The smallest absolute Gasteiger partial charge is 0.322 e. The zero-order valence-corrected chi connectivity index (χ0v) is 18.6. The van der Waals surface area contributed by atoms with E-state index in [2.05, 4.69) is 0 Å². The average molecular weight is 439 g/mol. The van der Waals surface area contributed by atoms with Crippen molar-refractivity contribution in [2.75, 3.05) is 19.0 Å². The number of benzene rings is 2. The summed E-state index contributed by atoms with van der Waals surface area (Å²) in [7, 11) is -0.225. The summed E-state index contributed by atoms with van der Waals surface area (Å²) in [5.74, 6) is -1.16. The van der Waals surface area contributed by atoms with Gasteiger partial charge in [0.25, 0.3) is 0 Å².